The molecule has 0 aliphatic rings. The molecule has 0 saturated carbocycles. The van der Waals surface area contributed by atoms with Crippen LogP contribution in [0.25, 0.3) is 10.9 Å². The standard InChI is InChI=1S/C18H19N3/c1-21(2)17-7-3-6-16(12-17)20-13-14-8-9-18-15(11-14)5-4-10-19-18/h3-12,20H,13H2,1-2H3. The van der Waals surface area contributed by atoms with Gasteiger partial charge in [0.25, 0.3) is 0 Å². The second-order valence-electron chi connectivity index (χ2n) is 5.33. The lowest BCUT2D eigenvalue weighted by Crippen LogP contribution is -2.09. The molecule has 0 atom stereocenters. The van der Waals surface area contributed by atoms with Crippen molar-refractivity contribution >= 4 is 22.3 Å². The molecular formula is C18H19N3. The SMILES string of the molecule is CN(C)c1cccc(NCc2ccc3ncccc3c2)c1. The maximum absolute atomic E-state index is 4.35. The molecule has 0 unspecified atom stereocenters. The molecule has 1 N–H and O–H groups in total. The third-order valence-corrected chi connectivity index (χ3v) is 3.53. The first-order valence-electron chi connectivity index (χ1n) is 7.07. The van der Waals surface area contributed by atoms with Gasteiger partial charge in [-0.3, -0.25) is 4.98 Å². The Labute approximate surface area is 125 Å². The van der Waals surface area contributed by atoms with Crippen molar-refractivity contribution in [2.24, 2.45) is 0 Å². The summed E-state index contributed by atoms with van der Waals surface area (Å²) >= 11 is 0. The van der Waals surface area contributed by atoms with Crippen LogP contribution in [0.5, 0.6) is 0 Å². The topological polar surface area (TPSA) is 28.2 Å². The zero-order valence-corrected chi connectivity index (χ0v) is 12.4. The number of aromatic nitrogens is 1. The maximum atomic E-state index is 4.35. The molecular weight excluding hydrogens is 258 g/mol. The second-order valence-corrected chi connectivity index (χ2v) is 5.33. The van der Waals surface area contributed by atoms with Gasteiger partial charge in [0.05, 0.1) is 5.52 Å². The number of rotatable bonds is 4. The Morgan fingerprint density at radius 3 is 2.76 bits per heavy atom. The minimum absolute atomic E-state index is 0.807. The number of anilines is 2. The maximum Gasteiger partial charge on any atom is 0.0702 e. The van der Waals surface area contributed by atoms with Gasteiger partial charge in [-0.25, -0.2) is 0 Å². The van der Waals surface area contributed by atoms with E-state index in [0.717, 1.165) is 17.7 Å². The number of hydrogen-bond acceptors (Lipinski definition) is 3. The van der Waals surface area contributed by atoms with Gasteiger partial charge in [0.1, 0.15) is 0 Å². The summed E-state index contributed by atoms with van der Waals surface area (Å²) in [7, 11) is 4.10. The first-order chi connectivity index (χ1) is 10.2. The molecule has 3 rings (SSSR count). The molecule has 0 aliphatic heterocycles. The predicted molar refractivity (Wildman–Crippen MR) is 89.8 cm³/mol. The highest BCUT2D eigenvalue weighted by Gasteiger charge is 2.00. The van der Waals surface area contributed by atoms with E-state index in [1.165, 1.54) is 16.6 Å². The first kappa shape index (κ1) is 13.4. The average Bonchev–Trinajstić information content (AvgIpc) is 2.53. The van der Waals surface area contributed by atoms with Crippen LogP contribution >= 0.6 is 0 Å². The molecule has 0 bridgehead atoms. The van der Waals surface area contributed by atoms with E-state index in [-0.39, 0.29) is 0 Å². The van der Waals surface area contributed by atoms with Gasteiger partial charge in [-0.15, -0.1) is 0 Å². The van der Waals surface area contributed by atoms with E-state index in [1.807, 2.05) is 12.3 Å². The highest BCUT2D eigenvalue weighted by atomic mass is 15.1. The van der Waals surface area contributed by atoms with Crippen molar-refractivity contribution < 1.29 is 0 Å². The summed E-state index contributed by atoms with van der Waals surface area (Å²) in [6.07, 6.45) is 1.83. The van der Waals surface area contributed by atoms with Crippen LogP contribution in [-0.4, -0.2) is 19.1 Å². The highest BCUT2D eigenvalue weighted by Crippen LogP contribution is 2.19. The van der Waals surface area contributed by atoms with Crippen molar-refractivity contribution in [3.63, 3.8) is 0 Å². The molecule has 0 aliphatic carbocycles. The Morgan fingerprint density at radius 1 is 1.00 bits per heavy atom. The quantitative estimate of drug-likeness (QED) is 0.783. The normalized spacial score (nSPS) is 10.6. The van der Waals surface area contributed by atoms with Gasteiger partial charge in [0.15, 0.2) is 0 Å². The van der Waals surface area contributed by atoms with Crippen molar-refractivity contribution in [1.82, 2.24) is 4.98 Å². The zero-order chi connectivity index (χ0) is 14.7. The van der Waals surface area contributed by atoms with Crippen LogP contribution in [0, 0.1) is 0 Å². The summed E-state index contributed by atoms with van der Waals surface area (Å²) in [6, 6.07) is 18.9. The van der Waals surface area contributed by atoms with E-state index in [1.54, 1.807) is 0 Å². The predicted octanol–water partition coefficient (Wildman–Crippen LogP) is 3.91. The molecule has 1 heterocycles. The van der Waals surface area contributed by atoms with Crippen molar-refractivity contribution in [3.05, 3.63) is 66.4 Å². The van der Waals surface area contributed by atoms with E-state index in [9.17, 15) is 0 Å². The number of nitrogens with one attached hydrogen (secondary N) is 1. The fourth-order valence-electron chi connectivity index (χ4n) is 2.33. The number of hydrogen-bond donors (Lipinski definition) is 1. The van der Waals surface area contributed by atoms with Gasteiger partial charge in [-0.05, 0) is 42.0 Å². The molecule has 3 aromatic rings. The van der Waals surface area contributed by atoms with Crippen LogP contribution in [0.15, 0.2) is 60.8 Å². The lowest BCUT2D eigenvalue weighted by molar-refractivity contribution is 1.12. The zero-order valence-electron chi connectivity index (χ0n) is 12.4. The van der Waals surface area contributed by atoms with E-state index < -0.39 is 0 Å². The Hall–Kier alpha value is -2.55. The summed E-state index contributed by atoms with van der Waals surface area (Å²) in [5.74, 6) is 0. The van der Waals surface area contributed by atoms with E-state index in [0.29, 0.717) is 0 Å². The number of pyridine rings is 1. The number of fused-ring (bicyclic) bond motifs is 1. The van der Waals surface area contributed by atoms with E-state index in [4.69, 9.17) is 0 Å². The van der Waals surface area contributed by atoms with Crippen LogP contribution in [0.1, 0.15) is 5.56 Å². The van der Waals surface area contributed by atoms with Gasteiger partial charge in [0.2, 0.25) is 0 Å². The first-order valence-corrected chi connectivity index (χ1v) is 7.07. The summed E-state index contributed by atoms with van der Waals surface area (Å²) in [6.45, 7) is 0.807. The molecule has 0 amide bonds. The molecule has 3 heteroatoms. The Kier molecular flexibility index (Phi) is 3.73. The lowest BCUT2D eigenvalue weighted by Gasteiger charge is -2.14. The Balaban J connectivity index is 1.75. The average molecular weight is 277 g/mol. The summed E-state index contributed by atoms with van der Waals surface area (Å²) in [5, 5.41) is 4.65. The van der Waals surface area contributed by atoms with Crippen LogP contribution < -0.4 is 10.2 Å². The number of benzene rings is 2. The summed E-state index contributed by atoms with van der Waals surface area (Å²) < 4.78 is 0. The molecule has 0 saturated heterocycles. The largest absolute Gasteiger partial charge is 0.381 e. The Morgan fingerprint density at radius 2 is 1.90 bits per heavy atom. The second kappa shape index (κ2) is 5.83. The molecule has 106 valence electrons. The van der Waals surface area contributed by atoms with Crippen LogP contribution in [-0.2, 0) is 6.54 Å². The van der Waals surface area contributed by atoms with Gasteiger partial charge in [0, 0.05) is 43.6 Å². The van der Waals surface area contributed by atoms with Gasteiger partial charge < -0.3 is 10.2 Å². The van der Waals surface area contributed by atoms with Crippen molar-refractivity contribution in [3.8, 4) is 0 Å². The fraction of sp³-hybridized carbons (Fsp3) is 0.167. The molecule has 0 fully saturated rings. The Bertz CT molecular complexity index is 750. The molecule has 1 aromatic heterocycles. The van der Waals surface area contributed by atoms with Crippen molar-refractivity contribution in [1.29, 1.82) is 0 Å². The van der Waals surface area contributed by atoms with E-state index >= 15 is 0 Å². The van der Waals surface area contributed by atoms with Gasteiger partial charge in [-0.2, -0.15) is 0 Å². The molecule has 3 nitrogen and oxygen atoms in total. The third kappa shape index (κ3) is 3.14. The minimum atomic E-state index is 0.807. The lowest BCUT2D eigenvalue weighted by atomic mass is 10.1. The minimum Gasteiger partial charge on any atom is -0.381 e. The molecule has 21 heavy (non-hydrogen) atoms. The van der Waals surface area contributed by atoms with E-state index in [2.05, 4.69) is 77.8 Å². The smallest absolute Gasteiger partial charge is 0.0702 e. The summed E-state index contributed by atoms with van der Waals surface area (Å²) in [5.41, 5.74) is 4.62. The fourth-order valence-corrected chi connectivity index (χ4v) is 2.33. The van der Waals surface area contributed by atoms with Crippen LogP contribution in [0.4, 0.5) is 11.4 Å². The molecule has 0 spiro atoms. The van der Waals surface area contributed by atoms with Crippen molar-refractivity contribution in [2.75, 3.05) is 24.3 Å². The van der Waals surface area contributed by atoms with Crippen molar-refractivity contribution in [2.45, 2.75) is 6.54 Å². The monoisotopic (exact) mass is 277 g/mol. The van der Waals surface area contributed by atoms with Gasteiger partial charge >= 0.3 is 0 Å². The number of nitrogens with zero attached hydrogens (tertiary/aromatic N) is 2. The van der Waals surface area contributed by atoms with Crippen LogP contribution in [0.3, 0.4) is 0 Å². The van der Waals surface area contributed by atoms with Gasteiger partial charge in [-0.1, -0.05) is 18.2 Å². The third-order valence-electron chi connectivity index (χ3n) is 3.53. The van der Waals surface area contributed by atoms with Crippen LogP contribution in [0.2, 0.25) is 0 Å². The molecule has 0 radical (unpaired) electrons. The molecule has 2 aromatic carbocycles. The summed E-state index contributed by atoms with van der Waals surface area (Å²) in [4.78, 5) is 6.45. The highest BCUT2D eigenvalue weighted by molar-refractivity contribution is 5.79.